The first-order chi connectivity index (χ1) is 4.25. The van der Waals surface area contributed by atoms with Crippen molar-refractivity contribution < 1.29 is 4.79 Å². The van der Waals surface area contributed by atoms with Crippen molar-refractivity contribution in [1.29, 1.82) is 0 Å². The van der Waals surface area contributed by atoms with Crippen molar-refractivity contribution in [3.05, 3.63) is 21.3 Å². The zero-order valence-corrected chi connectivity index (χ0v) is 5.64. The van der Waals surface area contributed by atoms with Gasteiger partial charge in [0.2, 0.25) is 6.41 Å². The molecule has 0 atom stereocenters. The van der Waals surface area contributed by atoms with Crippen molar-refractivity contribution in [3.8, 4) is 0 Å². The molecule has 0 radical (unpaired) electrons. The van der Waals surface area contributed by atoms with Gasteiger partial charge in [-0.25, -0.2) is 3.96 Å². The van der Waals surface area contributed by atoms with Crippen molar-refractivity contribution in [1.82, 2.24) is 3.96 Å². The lowest BCUT2D eigenvalue weighted by atomic mass is 10.4. The van der Waals surface area contributed by atoms with E-state index < -0.39 is 0 Å². The number of hydrogen-bond donors (Lipinski definition) is 0. The largest absolute Gasteiger partial charge is 0.277 e. The van der Waals surface area contributed by atoms with E-state index in [1.54, 1.807) is 12.3 Å². The summed E-state index contributed by atoms with van der Waals surface area (Å²) in [7, 11) is 0. The van der Waals surface area contributed by atoms with Crippen LogP contribution in [0.4, 0.5) is 0 Å². The minimum absolute atomic E-state index is 0.213. The first-order valence-electron chi connectivity index (χ1n) is 2.38. The highest BCUT2D eigenvalue weighted by atomic mass is 32.1. The van der Waals surface area contributed by atoms with Crippen LogP contribution in [0.5, 0.6) is 0 Å². The third-order valence-electron chi connectivity index (χ3n) is 0.976. The standard InChI is InChI=1S/C5H5NO2S/c1-4-2-9-6(3-7)5(4)8/h2-3H,1H3. The molecular formula is C5H5NO2S. The van der Waals surface area contributed by atoms with Crippen LogP contribution in [-0.4, -0.2) is 10.4 Å². The fourth-order valence-corrected chi connectivity index (χ4v) is 1.14. The number of aromatic nitrogens is 1. The molecule has 0 aliphatic carbocycles. The van der Waals surface area contributed by atoms with Crippen LogP contribution >= 0.6 is 11.5 Å². The van der Waals surface area contributed by atoms with Gasteiger partial charge in [0, 0.05) is 10.9 Å². The Morgan fingerprint density at radius 3 is 2.67 bits per heavy atom. The van der Waals surface area contributed by atoms with E-state index in [-0.39, 0.29) is 5.56 Å². The van der Waals surface area contributed by atoms with E-state index in [1.807, 2.05) is 0 Å². The van der Waals surface area contributed by atoms with E-state index in [9.17, 15) is 9.59 Å². The Labute approximate surface area is 55.7 Å². The van der Waals surface area contributed by atoms with Gasteiger partial charge in [0.1, 0.15) is 0 Å². The molecule has 1 aromatic rings. The van der Waals surface area contributed by atoms with E-state index in [0.29, 0.717) is 12.0 Å². The number of carbonyl (C=O) groups is 1. The fraction of sp³-hybridized carbons (Fsp3) is 0.200. The molecule has 0 saturated heterocycles. The van der Waals surface area contributed by atoms with E-state index in [0.717, 1.165) is 15.5 Å². The van der Waals surface area contributed by atoms with Gasteiger partial charge in [0.15, 0.2) is 0 Å². The summed E-state index contributed by atoms with van der Waals surface area (Å²) >= 11 is 1.11. The molecule has 3 nitrogen and oxygen atoms in total. The summed E-state index contributed by atoms with van der Waals surface area (Å²) in [6, 6.07) is 0. The summed E-state index contributed by atoms with van der Waals surface area (Å²) in [6.07, 6.45) is 0.514. The molecule has 0 aliphatic rings. The Morgan fingerprint density at radius 2 is 2.44 bits per heavy atom. The van der Waals surface area contributed by atoms with Crippen LogP contribution in [0.2, 0.25) is 0 Å². The van der Waals surface area contributed by atoms with Gasteiger partial charge in [-0.15, -0.1) is 0 Å². The number of aryl methyl sites for hydroxylation is 1. The lowest BCUT2D eigenvalue weighted by molar-refractivity contribution is 0.550. The summed E-state index contributed by atoms with van der Waals surface area (Å²) in [4.78, 5) is 20.8. The molecule has 0 saturated carbocycles. The topological polar surface area (TPSA) is 39.1 Å². The van der Waals surface area contributed by atoms with Gasteiger partial charge in [0.05, 0.1) is 0 Å². The smallest absolute Gasteiger partial charge is 0.270 e. The van der Waals surface area contributed by atoms with Crippen molar-refractivity contribution in [2.45, 2.75) is 6.92 Å². The zero-order valence-electron chi connectivity index (χ0n) is 4.83. The second-order valence-electron chi connectivity index (χ2n) is 1.64. The second-order valence-corrected chi connectivity index (χ2v) is 2.48. The maximum atomic E-state index is 10.7. The number of rotatable bonds is 1. The van der Waals surface area contributed by atoms with Crippen molar-refractivity contribution >= 4 is 17.9 Å². The Balaban J connectivity index is 3.36. The van der Waals surface area contributed by atoms with E-state index in [4.69, 9.17) is 0 Å². The molecule has 0 unspecified atom stereocenters. The molecule has 4 heteroatoms. The van der Waals surface area contributed by atoms with Crippen LogP contribution < -0.4 is 5.56 Å². The summed E-state index contributed by atoms with van der Waals surface area (Å²) in [6.45, 7) is 1.68. The summed E-state index contributed by atoms with van der Waals surface area (Å²) in [5, 5.41) is 1.65. The third kappa shape index (κ3) is 0.929. The van der Waals surface area contributed by atoms with E-state index in [1.165, 1.54) is 0 Å². The molecule has 0 aliphatic heterocycles. The molecule has 0 aromatic carbocycles. The summed E-state index contributed by atoms with van der Waals surface area (Å²) in [5.74, 6) is 0. The second kappa shape index (κ2) is 2.14. The van der Waals surface area contributed by atoms with Crippen LogP contribution in [0.1, 0.15) is 5.56 Å². The van der Waals surface area contributed by atoms with E-state index >= 15 is 0 Å². The summed E-state index contributed by atoms with van der Waals surface area (Å²) in [5.41, 5.74) is 0.405. The van der Waals surface area contributed by atoms with Gasteiger partial charge in [-0.1, -0.05) is 11.5 Å². The molecule has 0 N–H and O–H groups in total. The SMILES string of the molecule is Cc1csn(C=O)c1=O. The van der Waals surface area contributed by atoms with Gasteiger partial charge >= 0.3 is 0 Å². The average molecular weight is 143 g/mol. The van der Waals surface area contributed by atoms with E-state index in [2.05, 4.69) is 0 Å². The monoisotopic (exact) mass is 143 g/mol. The van der Waals surface area contributed by atoms with Crippen LogP contribution in [0.3, 0.4) is 0 Å². The van der Waals surface area contributed by atoms with Crippen LogP contribution in [-0.2, 0) is 4.79 Å². The molecular weight excluding hydrogens is 138 g/mol. The number of hydrogen-bond acceptors (Lipinski definition) is 3. The molecule has 0 spiro atoms. The highest BCUT2D eigenvalue weighted by Crippen LogP contribution is 1.94. The Kier molecular flexibility index (Phi) is 1.48. The molecule has 1 rings (SSSR count). The molecule has 0 fully saturated rings. The molecule has 0 amide bonds. The summed E-state index contributed by atoms with van der Waals surface area (Å²) < 4.78 is 1.05. The van der Waals surface area contributed by atoms with Crippen molar-refractivity contribution in [2.24, 2.45) is 0 Å². The van der Waals surface area contributed by atoms with Crippen LogP contribution in [0.15, 0.2) is 10.2 Å². The lowest BCUT2D eigenvalue weighted by Gasteiger charge is -1.77. The van der Waals surface area contributed by atoms with Gasteiger partial charge < -0.3 is 0 Å². The molecule has 9 heavy (non-hydrogen) atoms. The molecule has 1 aromatic heterocycles. The Morgan fingerprint density at radius 1 is 1.78 bits per heavy atom. The van der Waals surface area contributed by atoms with Gasteiger partial charge in [-0.2, -0.15) is 0 Å². The highest BCUT2D eigenvalue weighted by molar-refractivity contribution is 7.05. The van der Waals surface area contributed by atoms with Crippen LogP contribution in [0, 0.1) is 6.92 Å². The fourth-order valence-electron chi connectivity index (χ4n) is 0.481. The van der Waals surface area contributed by atoms with Gasteiger partial charge in [0.25, 0.3) is 5.56 Å². The highest BCUT2D eigenvalue weighted by Gasteiger charge is 1.97. The van der Waals surface area contributed by atoms with Crippen LogP contribution in [0.25, 0.3) is 0 Å². The predicted molar refractivity (Wildman–Crippen MR) is 35.5 cm³/mol. The molecule has 48 valence electrons. The minimum Gasteiger partial charge on any atom is -0.277 e. The third-order valence-corrected chi connectivity index (χ3v) is 1.91. The normalized spacial score (nSPS) is 9.44. The maximum Gasteiger partial charge on any atom is 0.270 e. The Hall–Kier alpha value is -0.900. The predicted octanol–water partition coefficient (Wildman–Crippen LogP) is 0.257. The first-order valence-corrected chi connectivity index (χ1v) is 3.22. The average Bonchev–Trinajstić information content (AvgIpc) is 2.15. The Bertz CT molecular complexity index is 273. The maximum absolute atomic E-state index is 10.7. The zero-order chi connectivity index (χ0) is 6.85. The molecule has 1 heterocycles. The van der Waals surface area contributed by atoms with Crippen molar-refractivity contribution in [2.75, 3.05) is 0 Å². The number of nitrogens with zero attached hydrogens (tertiary/aromatic N) is 1. The minimum atomic E-state index is -0.213. The quantitative estimate of drug-likeness (QED) is 0.529. The molecule has 0 bridgehead atoms. The lowest BCUT2D eigenvalue weighted by Crippen LogP contribution is -2.13. The van der Waals surface area contributed by atoms with Crippen molar-refractivity contribution in [3.63, 3.8) is 0 Å². The number of carbonyl (C=O) groups excluding carboxylic acids is 1. The van der Waals surface area contributed by atoms with Gasteiger partial charge in [-0.05, 0) is 6.92 Å². The van der Waals surface area contributed by atoms with Gasteiger partial charge in [-0.3, -0.25) is 9.59 Å². The first kappa shape index (κ1) is 6.22.